The normalized spacial score (nSPS) is 20.1. The van der Waals surface area contributed by atoms with E-state index in [-0.39, 0.29) is 11.5 Å². The number of hydrogen-bond acceptors (Lipinski definition) is 3. The van der Waals surface area contributed by atoms with Crippen LogP contribution in [0.3, 0.4) is 0 Å². The van der Waals surface area contributed by atoms with Gasteiger partial charge in [-0.2, -0.15) is 0 Å². The average molecular weight is 323 g/mol. The van der Waals surface area contributed by atoms with Crippen LogP contribution in [-0.2, 0) is 10.2 Å². The van der Waals surface area contributed by atoms with Crippen LogP contribution in [-0.4, -0.2) is 31.3 Å². The molecule has 1 N–H and O–H groups in total. The van der Waals surface area contributed by atoms with Gasteiger partial charge in [-0.25, -0.2) is 4.79 Å². The number of carbonyl (C=O) groups is 1. The summed E-state index contributed by atoms with van der Waals surface area (Å²) in [6, 6.07) is 5.81. The average Bonchev–Trinajstić information content (AvgIpc) is 2.72. The lowest BCUT2D eigenvalue weighted by molar-refractivity contribution is 0.0575. The lowest BCUT2D eigenvalue weighted by Crippen LogP contribution is -2.45. The highest BCUT2D eigenvalue weighted by atomic mass is 35.5. The number of amides is 1. The van der Waals surface area contributed by atoms with Gasteiger partial charge in [-0.3, -0.25) is 4.90 Å². The van der Waals surface area contributed by atoms with E-state index >= 15 is 0 Å². The van der Waals surface area contributed by atoms with E-state index in [2.05, 4.69) is 5.32 Å². The van der Waals surface area contributed by atoms with E-state index in [0.29, 0.717) is 6.54 Å². The standard InChI is InChI=1S/C17H23ClN2O2/c1-16(2,3)22-15(21)20-11-17(6-8-19-9-7-17)13-10-12(18)4-5-14(13)20/h4-5,10,19H,6-9,11H2,1-3H3. The number of carbonyl (C=O) groups excluding carboxylic acids is 1. The number of fused-ring (bicyclic) bond motifs is 2. The summed E-state index contributed by atoms with van der Waals surface area (Å²) < 4.78 is 5.58. The number of ether oxygens (including phenoxy) is 1. The summed E-state index contributed by atoms with van der Waals surface area (Å²) in [5.41, 5.74) is 1.64. The number of rotatable bonds is 0. The molecule has 5 heteroatoms. The zero-order valence-corrected chi connectivity index (χ0v) is 14.2. The van der Waals surface area contributed by atoms with Gasteiger partial charge in [0.25, 0.3) is 0 Å². The molecular formula is C17H23ClN2O2. The van der Waals surface area contributed by atoms with Crippen LogP contribution < -0.4 is 10.2 Å². The van der Waals surface area contributed by atoms with Gasteiger partial charge in [0.05, 0.1) is 5.69 Å². The summed E-state index contributed by atoms with van der Waals surface area (Å²) in [6.45, 7) is 8.29. The molecule has 0 saturated carbocycles. The van der Waals surface area contributed by atoms with Crippen molar-refractivity contribution in [2.45, 2.75) is 44.6 Å². The van der Waals surface area contributed by atoms with Gasteiger partial charge >= 0.3 is 6.09 Å². The van der Waals surface area contributed by atoms with Crippen molar-refractivity contribution in [2.75, 3.05) is 24.5 Å². The summed E-state index contributed by atoms with van der Waals surface area (Å²) in [5.74, 6) is 0. The Morgan fingerprint density at radius 2 is 2.00 bits per heavy atom. The maximum Gasteiger partial charge on any atom is 0.414 e. The molecule has 0 aliphatic carbocycles. The molecule has 1 fully saturated rings. The molecule has 1 aromatic carbocycles. The lowest BCUT2D eigenvalue weighted by Gasteiger charge is -2.34. The molecule has 0 atom stereocenters. The summed E-state index contributed by atoms with van der Waals surface area (Å²) in [4.78, 5) is 14.4. The van der Waals surface area contributed by atoms with Crippen LogP contribution in [0.1, 0.15) is 39.2 Å². The third-order valence-electron chi connectivity index (χ3n) is 4.46. The monoisotopic (exact) mass is 322 g/mol. The van der Waals surface area contributed by atoms with Crippen molar-refractivity contribution >= 4 is 23.4 Å². The highest BCUT2D eigenvalue weighted by molar-refractivity contribution is 6.30. The zero-order valence-electron chi connectivity index (χ0n) is 13.4. The molecular weight excluding hydrogens is 300 g/mol. The van der Waals surface area contributed by atoms with Crippen molar-refractivity contribution in [3.05, 3.63) is 28.8 Å². The van der Waals surface area contributed by atoms with Crippen molar-refractivity contribution in [1.29, 1.82) is 0 Å². The Hall–Kier alpha value is -1.26. The third-order valence-corrected chi connectivity index (χ3v) is 4.69. The number of halogens is 1. The maximum atomic E-state index is 12.6. The minimum absolute atomic E-state index is 0.00237. The van der Waals surface area contributed by atoms with Gasteiger partial charge in [-0.15, -0.1) is 0 Å². The number of nitrogens with one attached hydrogen (secondary N) is 1. The number of anilines is 1. The molecule has 2 heterocycles. The molecule has 0 unspecified atom stereocenters. The Morgan fingerprint density at radius 1 is 1.32 bits per heavy atom. The van der Waals surface area contributed by atoms with Crippen molar-refractivity contribution in [1.82, 2.24) is 5.32 Å². The Kier molecular flexibility index (Phi) is 3.86. The number of nitrogens with zero attached hydrogens (tertiary/aromatic N) is 1. The molecule has 2 aliphatic rings. The summed E-state index contributed by atoms with van der Waals surface area (Å²) >= 11 is 6.21. The van der Waals surface area contributed by atoms with E-state index in [1.54, 1.807) is 4.90 Å². The largest absolute Gasteiger partial charge is 0.443 e. The molecule has 0 bridgehead atoms. The minimum atomic E-state index is -0.493. The fourth-order valence-corrected chi connectivity index (χ4v) is 3.63. The molecule has 3 rings (SSSR count). The van der Waals surface area contributed by atoms with Crippen LogP contribution in [0.25, 0.3) is 0 Å². The molecule has 0 aromatic heterocycles. The predicted octanol–water partition coefficient (Wildman–Crippen LogP) is 3.72. The van der Waals surface area contributed by atoms with Crippen molar-refractivity contribution in [3.63, 3.8) is 0 Å². The van der Waals surface area contributed by atoms with Gasteiger partial charge in [0.1, 0.15) is 5.60 Å². The molecule has 1 aromatic rings. The van der Waals surface area contributed by atoms with E-state index in [1.165, 1.54) is 5.56 Å². The molecule has 4 nitrogen and oxygen atoms in total. The van der Waals surface area contributed by atoms with Crippen molar-refractivity contribution < 1.29 is 9.53 Å². The minimum Gasteiger partial charge on any atom is -0.443 e. The van der Waals surface area contributed by atoms with Crippen LogP contribution in [0.4, 0.5) is 10.5 Å². The first-order valence-electron chi connectivity index (χ1n) is 7.82. The lowest BCUT2D eigenvalue weighted by atomic mass is 9.75. The molecule has 0 radical (unpaired) electrons. The smallest absolute Gasteiger partial charge is 0.414 e. The summed E-state index contributed by atoms with van der Waals surface area (Å²) in [5, 5.41) is 4.12. The van der Waals surface area contributed by atoms with Crippen molar-refractivity contribution in [2.24, 2.45) is 0 Å². The van der Waals surface area contributed by atoms with Crippen LogP contribution >= 0.6 is 11.6 Å². The molecule has 1 amide bonds. The van der Waals surface area contributed by atoms with Crippen molar-refractivity contribution in [3.8, 4) is 0 Å². The Bertz CT molecular complexity index is 589. The van der Waals surface area contributed by atoms with Gasteiger partial charge in [0.15, 0.2) is 0 Å². The van der Waals surface area contributed by atoms with Gasteiger partial charge in [0.2, 0.25) is 0 Å². The first-order valence-corrected chi connectivity index (χ1v) is 8.20. The van der Waals surface area contributed by atoms with E-state index in [4.69, 9.17) is 16.3 Å². The van der Waals surface area contributed by atoms with E-state index in [1.807, 2.05) is 39.0 Å². The fraction of sp³-hybridized carbons (Fsp3) is 0.588. The molecule has 120 valence electrons. The molecule has 1 saturated heterocycles. The van der Waals surface area contributed by atoms with E-state index < -0.39 is 5.60 Å². The van der Waals surface area contributed by atoms with Gasteiger partial charge < -0.3 is 10.1 Å². The van der Waals surface area contributed by atoms with Crippen LogP contribution in [0.15, 0.2) is 18.2 Å². The highest BCUT2D eigenvalue weighted by Crippen LogP contribution is 2.47. The van der Waals surface area contributed by atoms with E-state index in [9.17, 15) is 4.79 Å². The topological polar surface area (TPSA) is 41.6 Å². The maximum absolute atomic E-state index is 12.6. The zero-order chi connectivity index (χ0) is 16.0. The van der Waals surface area contributed by atoms with E-state index in [0.717, 1.165) is 36.6 Å². The fourth-order valence-electron chi connectivity index (χ4n) is 3.45. The number of piperidine rings is 1. The second kappa shape index (κ2) is 5.43. The molecule has 22 heavy (non-hydrogen) atoms. The third kappa shape index (κ3) is 2.82. The molecule has 2 aliphatic heterocycles. The van der Waals surface area contributed by atoms with Gasteiger partial charge in [-0.05, 0) is 70.5 Å². The molecule has 1 spiro atoms. The summed E-state index contributed by atoms with van der Waals surface area (Å²) in [7, 11) is 0. The Morgan fingerprint density at radius 3 is 2.64 bits per heavy atom. The first-order chi connectivity index (χ1) is 10.3. The predicted molar refractivity (Wildman–Crippen MR) is 88.8 cm³/mol. The van der Waals surface area contributed by atoms with Gasteiger partial charge in [0, 0.05) is 17.0 Å². The first kappa shape index (κ1) is 15.6. The number of benzene rings is 1. The number of hydrogen-bond donors (Lipinski definition) is 1. The quantitative estimate of drug-likeness (QED) is 0.791. The van der Waals surface area contributed by atoms with Crippen LogP contribution in [0, 0.1) is 0 Å². The van der Waals surface area contributed by atoms with Crippen LogP contribution in [0.5, 0.6) is 0 Å². The van der Waals surface area contributed by atoms with Gasteiger partial charge in [-0.1, -0.05) is 11.6 Å². The Labute approximate surface area is 136 Å². The van der Waals surface area contributed by atoms with Crippen LogP contribution in [0.2, 0.25) is 5.02 Å². The Balaban J connectivity index is 1.97. The SMILES string of the molecule is CC(C)(C)OC(=O)N1CC2(CCNCC2)c2cc(Cl)ccc21. The second-order valence-corrected chi connectivity index (χ2v) is 7.69. The second-order valence-electron chi connectivity index (χ2n) is 7.26. The highest BCUT2D eigenvalue weighted by Gasteiger charge is 2.46. The summed E-state index contributed by atoms with van der Waals surface area (Å²) in [6.07, 6.45) is 1.76.